The molecule has 0 saturated heterocycles. The lowest BCUT2D eigenvalue weighted by atomic mass is 10.2. The van der Waals surface area contributed by atoms with Crippen molar-refractivity contribution in [3.8, 4) is 0 Å². The predicted molar refractivity (Wildman–Crippen MR) is 43.6 cm³/mol. The zero-order valence-electron chi connectivity index (χ0n) is 6.95. The van der Waals surface area contributed by atoms with Crippen LogP contribution in [-0.2, 0) is 0 Å². The van der Waals surface area contributed by atoms with Gasteiger partial charge in [0.15, 0.2) is 6.42 Å². The third-order valence-electron chi connectivity index (χ3n) is 1.42. The summed E-state index contributed by atoms with van der Waals surface area (Å²) in [5.41, 5.74) is 0. The Balaban J connectivity index is 4.69. The minimum atomic E-state index is -2.26. The van der Waals surface area contributed by atoms with E-state index in [2.05, 4.69) is 0 Å². The third kappa shape index (κ3) is 3.09. The summed E-state index contributed by atoms with van der Waals surface area (Å²) < 4.78 is 0. The monoisotopic (exact) mass is 227 g/mol. The molecular formula is C4H6ClN3O6. The smallest absolute Gasteiger partial charge is 0.263 e. The van der Waals surface area contributed by atoms with E-state index >= 15 is 0 Å². The molecule has 0 spiro atoms. The molecule has 0 saturated carbocycles. The first-order valence-corrected chi connectivity index (χ1v) is 3.66. The van der Waals surface area contributed by atoms with E-state index in [4.69, 9.17) is 11.6 Å². The van der Waals surface area contributed by atoms with Crippen LogP contribution in [-0.4, -0.2) is 25.9 Å². The molecule has 0 amide bonds. The van der Waals surface area contributed by atoms with Crippen LogP contribution in [0.3, 0.4) is 0 Å². The van der Waals surface area contributed by atoms with Crippen LogP contribution in [0.4, 0.5) is 0 Å². The van der Waals surface area contributed by atoms with Crippen molar-refractivity contribution in [3.05, 3.63) is 30.3 Å². The predicted octanol–water partition coefficient (Wildman–Crippen LogP) is 0.488. The number of hydrogen-bond acceptors (Lipinski definition) is 6. The minimum absolute atomic E-state index is 0.870. The molecule has 0 aliphatic heterocycles. The largest absolute Gasteiger partial charge is 0.459 e. The molecule has 0 fully saturated rings. The summed E-state index contributed by atoms with van der Waals surface area (Å²) in [5, 5.41) is 30.5. The molecular weight excluding hydrogens is 222 g/mol. The van der Waals surface area contributed by atoms with Crippen molar-refractivity contribution in [1.29, 1.82) is 0 Å². The second-order valence-corrected chi connectivity index (χ2v) is 3.47. The zero-order chi connectivity index (χ0) is 11.5. The maximum absolute atomic E-state index is 10.2. The average molecular weight is 228 g/mol. The van der Waals surface area contributed by atoms with Crippen molar-refractivity contribution in [3.63, 3.8) is 0 Å². The van der Waals surface area contributed by atoms with Gasteiger partial charge in [0.2, 0.25) is 0 Å². The Morgan fingerprint density at radius 2 is 1.57 bits per heavy atom. The van der Waals surface area contributed by atoms with Gasteiger partial charge in [-0.3, -0.25) is 30.3 Å². The first kappa shape index (κ1) is 12.5. The van der Waals surface area contributed by atoms with Gasteiger partial charge >= 0.3 is 11.2 Å². The Hall–Kier alpha value is -1.51. The van der Waals surface area contributed by atoms with E-state index in [0.29, 0.717) is 0 Å². The molecule has 80 valence electrons. The number of hydrogen-bond donors (Lipinski definition) is 0. The third-order valence-corrected chi connectivity index (χ3v) is 1.71. The molecule has 0 N–H and O–H groups in total. The van der Waals surface area contributed by atoms with Crippen molar-refractivity contribution in [2.24, 2.45) is 0 Å². The van der Waals surface area contributed by atoms with Crippen molar-refractivity contribution < 1.29 is 14.8 Å². The van der Waals surface area contributed by atoms with E-state index in [0.717, 1.165) is 6.92 Å². The highest BCUT2D eigenvalue weighted by Gasteiger charge is 2.48. The van der Waals surface area contributed by atoms with Crippen LogP contribution in [0.1, 0.15) is 13.3 Å². The SMILES string of the molecule is CC(Cl)(CC([N+](=O)[O-])[N+](=O)[O-])[N+](=O)[O-]. The topological polar surface area (TPSA) is 129 Å². The van der Waals surface area contributed by atoms with Gasteiger partial charge in [-0.2, -0.15) is 0 Å². The molecule has 0 rings (SSSR count). The van der Waals surface area contributed by atoms with Crippen molar-refractivity contribution in [1.82, 2.24) is 0 Å². The molecule has 0 heterocycles. The van der Waals surface area contributed by atoms with E-state index in [-0.39, 0.29) is 0 Å². The second kappa shape index (κ2) is 4.13. The normalized spacial score (nSPS) is 14.8. The summed E-state index contributed by atoms with van der Waals surface area (Å²) in [6, 6.07) is 0. The van der Waals surface area contributed by atoms with Gasteiger partial charge in [-0.15, -0.1) is 0 Å². The highest BCUT2D eigenvalue weighted by Crippen LogP contribution is 2.22. The maximum atomic E-state index is 10.2. The Labute approximate surface area is 82.1 Å². The van der Waals surface area contributed by atoms with E-state index in [9.17, 15) is 30.3 Å². The molecule has 1 unspecified atom stereocenters. The first-order chi connectivity index (χ1) is 6.18. The molecule has 0 aromatic carbocycles. The molecule has 0 bridgehead atoms. The standard InChI is InChI=1S/C4H6ClN3O6/c1-4(5,8(13)14)2-3(6(9)10)7(11)12/h3H,2H2,1H3. The number of rotatable bonds is 5. The lowest BCUT2D eigenvalue weighted by Gasteiger charge is -2.11. The fourth-order valence-electron chi connectivity index (χ4n) is 0.634. The van der Waals surface area contributed by atoms with Crippen LogP contribution >= 0.6 is 11.6 Å². The van der Waals surface area contributed by atoms with Crippen molar-refractivity contribution in [2.75, 3.05) is 0 Å². The van der Waals surface area contributed by atoms with Crippen molar-refractivity contribution >= 4 is 11.6 Å². The van der Waals surface area contributed by atoms with Gasteiger partial charge in [0, 0.05) is 11.8 Å². The van der Waals surface area contributed by atoms with Crippen LogP contribution in [0, 0.1) is 30.3 Å². The molecule has 0 radical (unpaired) electrons. The quantitative estimate of drug-likeness (QED) is 0.221. The Morgan fingerprint density at radius 3 is 1.79 bits per heavy atom. The molecule has 14 heavy (non-hydrogen) atoms. The van der Waals surface area contributed by atoms with Gasteiger partial charge in [0.1, 0.15) is 0 Å². The van der Waals surface area contributed by atoms with Crippen molar-refractivity contribution in [2.45, 2.75) is 24.5 Å². The summed E-state index contributed by atoms with van der Waals surface area (Å²) in [4.78, 5) is 24.8. The maximum Gasteiger partial charge on any atom is 0.459 e. The number of alkyl halides is 1. The summed E-state index contributed by atoms with van der Waals surface area (Å²) in [5.74, 6) is 0. The summed E-state index contributed by atoms with van der Waals surface area (Å²) >= 11 is 5.25. The summed E-state index contributed by atoms with van der Waals surface area (Å²) in [6.45, 7) is 0.870. The second-order valence-electron chi connectivity index (χ2n) is 2.65. The first-order valence-electron chi connectivity index (χ1n) is 3.29. The fourth-order valence-corrected chi connectivity index (χ4v) is 0.772. The Kier molecular flexibility index (Phi) is 3.69. The average Bonchev–Trinajstić information content (AvgIpc) is 1.98. The highest BCUT2D eigenvalue weighted by molar-refractivity contribution is 6.22. The number of nitro groups is 3. The van der Waals surface area contributed by atoms with E-state index in [1.807, 2.05) is 0 Å². The molecule has 1 atom stereocenters. The van der Waals surface area contributed by atoms with Gasteiger partial charge in [-0.1, -0.05) is 0 Å². The molecule has 10 heteroatoms. The van der Waals surface area contributed by atoms with Gasteiger partial charge in [-0.05, 0) is 11.6 Å². The van der Waals surface area contributed by atoms with Gasteiger partial charge < -0.3 is 0 Å². The van der Waals surface area contributed by atoms with Gasteiger partial charge in [0.05, 0.1) is 9.85 Å². The van der Waals surface area contributed by atoms with Crippen LogP contribution in [0.15, 0.2) is 0 Å². The fraction of sp³-hybridized carbons (Fsp3) is 1.00. The molecule has 9 nitrogen and oxygen atoms in total. The van der Waals surface area contributed by atoms with Crippen LogP contribution < -0.4 is 0 Å². The number of nitrogens with zero attached hydrogens (tertiary/aromatic N) is 3. The lowest BCUT2D eigenvalue weighted by Crippen LogP contribution is -2.39. The van der Waals surface area contributed by atoms with E-state index < -0.39 is 32.4 Å². The van der Waals surface area contributed by atoms with Crippen LogP contribution in [0.2, 0.25) is 0 Å². The van der Waals surface area contributed by atoms with Gasteiger partial charge in [0.25, 0.3) is 0 Å². The molecule has 0 aliphatic rings. The minimum Gasteiger partial charge on any atom is -0.263 e. The van der Waals surface area contributed by atoms with Crippen LogP contribution in [0.25, 0.3) is 0 Å². The Morgan fingerprint density at radius 1 is 1.21 bits per heavy atom. The van der Waals surface area contributed by atoms with E-state index in [1.54, 1.807) is 0 Å². The van der Waals surface area contributed by atoms with Crippen LogP contribution in [0.5, 0.6) is 0 Å². The van der Waals surface area contributed by atoms with E-state index in [1.165, 1.54) is 0 Å². The zero-order valence-corrected chi connectivity index (χ0v) is 7.71. The molecule has 0 aromatic heterocycles. The summed E-state index contributed by atoms with van der Waals surface area (Å²) in [6.07, 6.45) is -3.23. The number of halogens is 1. The highest BCUT2D eigenvalue weighted by atomic mass is 35.5. The lowest BCUT2D eigenvalue weighted by molar-refractivity contribution is -0.749. The van der Waals surface area contributed by atoms with Gasteiger partial charge in [-0.25, -0.2) is 0 Å². The molecule has 0 aliphatic carbocycles. The summed E-state index contributed by atoms with van der Waals surface area (Å²) in [7, 11) is 0. The Bertz CT molecular complexity index is 264. The molecule has 0 aromatic rings.